The molecule has 0 amide bonds. The van der Waals surface area contributed by atoms with E-state index < -0.39 is 0 Å². The minimum atomic E-state index is 0.397. The van der Waals surface area contributed by atoms with Gasteiger partial charge >= 0.3 is 0 Å². The molecule has 0 radical (unpaired) electrons. The van der Waals surface area contributed by atoms with Crippen LogP contribution in [0.4, 0.5) is 0 Å². The van der Waals surface area contributed by atoms with Crippen molar-refractivity contribution in [2.75, 3.05) is 0 Å². The molecule has 0 bridgehead atoms. The second-order valence-electron chi connectivity index (χ2n) is 4.68. The Morgan fingerprint density at radius 3 is 2.63 bits per heavy atom. The van der Waals surface area contributed by atoms with Crippen molar-refractivity contribution >= 4 is 23.2 Å². The van der Waals surface area contributed by atoms with E-state index in [0.717, 1.165) is 11.3 Å². The fraction of sp³-hybridized carbons (Fsp3) is 0.385. The van der Waals surface area contributed by atoms with Crippen LogP contribution in [0, 0.1) is 6.92 Å². The standard InChI is InChI=1S/C13H16Cl2N4/c1-8(2)16-5-10-4-13(17-6-11(10)14)19-7-12(15)9(3)18-19/h4,6-8,16H,5H2,1-3H3. The van der Waals surface area contributed by atoms with Crippen molar-refractivity contribution < 1.29 is 0 Å². The molecular weight excluding hydrogens is 283 g/mol. The lowest BCUT2D eigenvalue weighted by Crippen LogP contribution is -2.22. The number of aryl methyl sites for hydroxylation is 1. The van der Waals surface area contributed by atoms with Gasteiger partial charge in [0.2, 0.25) is 0 Å². The summed E-state index contributed by atoms with van der Waals surface area (Å²) in [7, 11) is 0. The Morgan fingerprint density at radius 2 is 2.05 bits per heavy atom. The molecule has 1 N–H and O–H groups in total. The fourth-order valence-corrected chi connectivity index (χ4v) is 1.90. The molecule has 2 rings (SSSR count). The minimum Gasteiger partial charge on any atom is -0.310 e. The van der Waals surface area contributed by atoms with Crippen LogP contribution in [0.3, 0.4) is 0 Å². The zero-order chi connectivity index (χ0) is 14.0. The van der Waals surface area contributed by atoms with Gasteiger partial charge in [-0.25, -0.2) is 9.67 Å². The number of rotatable bonds is 4. The Kier molecular flexibility index (Phi) is 4.45. The van der Waals surface area contributed by atoms with Gasteiger partial charge < -0.3 is 5.32 Å². The van der Waals surface area contributed by atoms with Crippen LogP contribution in [0.15, 0.2) is 18.5 Å². The number of halogens is 2. The van der Waals surface area contributed by atoms with Gasteiger partial charge in [0, 0.05) is 18.8 Å². The van der Waals surface area contributed by atoms with Gasteiger partial charge in [-0.2, -0.15) is 5.10 Å². The predicted octanol–water partition coefficient (Wildman–Crippen LogP) is 3.38. The van der Waals surface area contributed by atoms with Gasteiger partial charge in [0.1, 0.15) is 0 Å². The normalized spacial score (nSPS) is 11.3. The highest BCUT2D eigenvalue weighted by atomic mass is 35.5. The monoisotopic (exact) mass is 298 g/mol. The number of pyridine rings is 1. The number of nitrogens with one attached hydrogen (secondary N) is 1. The Morgan fingerprint density at radius 1 is 1.32 bits per heavy atom. The molecule has 0 atom stereocenters. The summed E-state index contributed by atoms with van der Waals surface area (Å²) >= 11 is 12.1. The first-order chi connectivity index (χ1) is 8.97. The summed E-state index contributed by atoms with van der Waals surface area (Å²) in [5.74, 6) is 0.708. The van der Waals surface area contributed by atoms with Gasteiger partial charge in [-0.1, -0.05) is 37.0 Å². The van der Waals surface area contributed by atoms with Gasteiger partial charge in [-0.15, -0.1) is 0 Å². The lowest BCUT2D eigenvalue weighted by Gasteiger charge is -2.10. The van der Waals surface area contributed by atoms with Crippen LogP contribution in [0.5, 0.6) is 0 Å². The summed E-state index contributed by atoms with van der Waals surface area (Å²) in [4.78, 5) is 4.27. The second kappa shape index (κ2) is 5.90. The lowest BCUT2D eigenvalue weighted by atomic mass is 10.2. The average molecular weight is 299 g/mol. The van der Waals surface area contributed by atoms with Crippen molar-refractivity contribution in [2.45, 2.75) is 33.4 Å². The molecule has 2 aromatic rings. The van der Waals surface area contributed by atoms with Crippen LogP contribution < -0.4 is 5.32 Å². The molecule has 2 heterocycles. The quantitative estimate of drug-likeness (QED) is 0.941. The van der Waals surface area contributed by atoms with E-state index in [4.69, 9.17) is 23.2 Å². The molecule has 2 aromatic heterocycles. The van der Waals surface area contributed by atoms with E-state index in [-0.39, 0.29) is 0 Å². The summed E-state index contributed by atoms with van der Waals surface area (Å²) in [6, 6.07) is 2.31. The van der Waals surface area contributed by atoms with E-state index in [1.54, 1.807) is 17.1 Å². The van der Waals surface area contributed by atoms with Gasteiger partial charge in [-0.3, -0.25) is 0 Å². The molecule has 4 nitrogen and oxygen atoms in total. The lowest BCUT2D eigenvalue weighted by molar-refractivity contribution is 0.588. The zero-order valence-electron chi connectivity index (χ0n) is 11.1. The molecular formula is C13H16Cl2N4. The zero-order valence-corrected chi connectivity index (χ0v) is 12.6. The van der Waals surface area contributed by atoms with E-state index in [2.05, 4.69) is 29.2 Å². The maximum Gasteiger partial charge on any atom is 0.153 e. The Balaban J connectivity index is 2.29. The van der Waals surface area contributed by atoms with Crippen LogP contribution in [-0.4, -0.2) is 20.8 Å². The summed E-state index contributed by atoms with van der Waals surface area (Å²) < 4.78 is 1.66. The Hall–Kier alpha value is -1.10. The maximum absolute atomic E-state index is 6.15. The SMILES string of the molecule is Cc1nn(-c2cc(CNC(C)C)c(Cl)cn2)cc1Cl. The summed E-state index contributed by atoms with van der Waals surface area (Å²) in [6.07, 6.45) is 3.38. The van der Waals surface area contributed by atoms with E-state index >= 15 is 0 Å². The third-order valence-electron chi connectivity index (χ3n) is 2.69. The molecule has 0 saturated carbocycles. The first kappa shape index (κ1) is 14.3. The average Bonchev–Trinajstić information content (AvgIpc) is 2.68. The molecule has 19 heavy (non-hydrogen) atoms. The van der Waals surface area contributed by atoms with E-state index in [1.807, 2.05) is 13.0 Å². The van der Waals surface area contributed by atoms with Gasteiger partial charge in [0.25, 0.3) is 0 Å². The van der Waals surface area contributed by atoms with Crippen LogP contribution >= 0.6 is 23.2 Å². The fourth-order valence-electron chi connectivity index (χ4n) is 1.60. The third kappa shape index (κ3) is 3.47. The van der Waals surface area contributed by atoms with Crippen LogP contribution in [0.1, 0.15) is 25.1 Å². The van der Waals surface area contributed by atoms with Crippen LogP contribution in [0.2, 0.25) is 10.0 Å². The number of hydrogen-bond donors (Lipinski definition) is 1. The molecule has 0 saturated heterocycles. The highest BCUT2D eigenvalue weighted by Gasteiger charge is 2.08. The molecule has 102 valence electrons. The van der Waals surface area contributed by atoms with Crippen molar-refractivity contribution in [1.29, 1.82) is 0 Å². The smallest absolute Gasteiger partial charge is 0.153 e. The van der Waals surface area contributed by atoms with E-state index in [9.17, 15) is 0 Å². The first-order valence-electron chi connectivity index (χ1n) is 6.07. The van der Waals surface area contributed by atoms with Crippen LogP contribution in [-0.2, 0) is 6.54 Å². The summed E-state index contributed by atoms with van der Waals surface area (Å²) in [6.45, 7) is 6.73. The van der Waals surface area contributed by atoms with Gasteiger partial charge in [0.05, 0.1) is 21.9 Å². The minimum absolute atomic E-state index is 0.397. The summed E-state index contributed by atoms with van der Waals surface area (Å²) in [5, 5.41) is 8.90. The van der Waals surface area contributed by atoms with Crippen molar-refractivity contribution in [3.8, 4) is 5.82 Å². The highest BCUT2D eigenvalue weighted by molar-refractivity contribution is 6.31. The third-order valence-corrected chi connectivity index (χ3v) is 3.41. The highest BCUT2D eigenvalue weighted by Crippen LogP contribution is 2.20. The first-order valence-corrected chi connectivity index (χ1v) is 6.83. The van der Waals surface area contributed by atoms with Crippen molar-refractivity contribution in [3.63, 3.8) is 0 Å². The maximum atomic E-state index is 6.15. The van der Waals surface area contributed by atoms with Crippen molar-refractivity contribution in [3.05, 3.63) is 39.8 Å². The summed E-state index contributed by atoms with van der Waals surface area (Å²) in [5.41, 5.74) is 1.77. The molecule has 6 heteroatoms. The number of nitrogens with zero attached hydrogens (tertiary/aromatic N) is 3. The largest absolute Gasteiger partial charge is 0.310 e. The topological polar surface area (TPSA) is 42.7 Å². The Bertz CT molecular complexity index is 559. The van der Waals surface area contributed by atoms with Crippen molar-refractivity contribution in [2.24, 2.45) is 0 Å². The number of hydrogen-bond acceptors (Lipinski definition) is 3. The van der Waals surface area contributed by atoms with E-state index in [0.29, 0.717) is 28.4 Å². The van der Waals surface area contributed by atoms with Crippen molar-refractivity contribution in [1.82, 2.24) is 20.1 Å². The molecule has 0 spiro atoms. The van der Waals surface area contributed by atoms with Gasteiger partial charge in [0.15, 0.2) is 5.82 Å². The molecule has 0 aliphatic carbocycles. The van der Waals surface area contributed by atoms with Gasteiger partial charge in [-0.05, 0) is 18.6 Å². The molecule has 0 aromatic carbocycles. The Labute approximate surface area is 122 Å². The molecule has 0 unspecified atom stereocenters. The molecule has 0 aliphatic heterocycles. The number of aromatic nitrogens is 3. The predicted molar refractivity (Wildman–Crippen MR) is 78.1 cm³/mol. The van der Waals surface area contributed by atoms with Crippen LogP contribution in [0.25, 0.3) is 5.82 Å². The molecule has 0 aliphatic rings. The molecule has 0 fully saturated rings. The van der Waals surface area contributed by atoms with E-state index in [1.165, 1.54) is 0 Å². The second-order valence-corrected chi connectivity index (χ2v) is 5.49.